The summed E-state index contributed by atoms with van der Waals surface area (Å²) >= 11 is 8.93. The average Bonchev–Trinajstić information content (AvgIpc) is 1.97. The van der Waals surface area contributed by atoms with Crippen LogP contribution in [0, 0.1) is 6.92 Å². The van der Waals surface area contributed by atoms with Gasteiger partial charge in [0.1, 0.15) is 5.75 Å². The van der Waals surface area contributed by atoms with E-state index in [4.69, 9.17) is 11.6 Å². The Morgan fingerprint density at radius 3 is 2.73 bits per heavy atom. The predicted octanol–water partition coefficient (Wildman–Crippen LogP) is 3.20. The number of alkyl halides is 1. The van der Waals surface area contributed by atoms with E-state index in [1.54, 1.807) is 6.07 Å². The highest BCUT2D eigenvalue weighted by Gasteiger charge is 2.02. The fraction of sp³-hybridized carbons (Fsp3) is 0.250. The van der Waals surface area contributed by atoms with Crippen LogP contribution < -0.4 is 0 Å². The van der Waals surface area contributed by atoms with Crippen molar-refractivity contribution in [3.8, 4) is 5.75 Å². The van der Waals surface area contributed by atoms with Gasteiger partial charge in [-0.1, -0.05) is 15.9 Å². The molecule has 3 heteroatoms. The van der Waals surface area contributed by atoms with Crippen LogP contribution in [0.3, 0.4) is 0 Å². The van der Waals surface area contributed by atoms with Crippen molar-refractivity contribution in [2.24, 2.45) is 0 Å². The summed E-state index contributed by atoms with van der Waals surface area (Å²) in [4.78, 5) is 0. The zero-order chi connectivity index (χ0) is 8.43. The summed E-state index contributed by atoms with van der Waals surface area (Å²) in [5.41, 5.74) is 1.76. The molecule has 1 N–H and O–H groups in total. The molecule has 60 valence electrons. The molecule has 1 aromatic rings. The zero-order valence-electron chi connectivity index (χ0n) is 6.06. The van der Waals surface area contributed by atoms with Crippen LogP contribution in [0.4, 0.5) is 0 Å². The number of aryl methyl sites for hydroxylation is 1. The Labute approximate surface area is 79.1 Å². The molecule has 0 fully saturated rings. The van der Waals surface area contributed by atoms with Gasteiger partial charge in [0.15, 0.2) is 0 Å². The Hall–Kier alpha value is -0.210. The highest BCUT2D eigenvalue weighted by molar-refractivity contribution is 9.10. The van der Waals surface area contributed by atoms with E-state index in [0.717, 1.165) is 15.6 Å². The van der Waals surface area contributed by atoms with Gasteiger partial charge in [0, 0.05) is 10.0 Å². The molecule has 1 aromatic carbocycles. The van der Waals surface area contributed by atoms with E-state index in [1.165, 1.54) is 0 Å². The predicted molar refractivity (Wildman–Crippen MR) is 50.1 cm³/mol. The third-order valence-corrected chi connectivity index (χ3v) is 2.65. The van der Waals surface area contributed by atoms with Crippen molar-refractivity contribution < 1.29 is 5.11 Å². The minimum Gasteiger partial charge on any atom is -0.508 e. The Kier molecular flexibility index (Phi) is 2.79. The first-order valence-corrected chi connectivity index (χ1v) is 4.52. The molecule has 11 heavy (non-hydrogen) atoms. The van der Waals surface area contributed by atoms with Gasteiger partial charge in [0.25, 0.3) is 0 Å². The van der Waals surface area contributed by atoms with Crippen molar-refractivity contribution in [2.45, 2.75) is 12.8 Å². The van der Waals surface area contributed by atoms with Crippen LogP contribution in [0.25, 0.3) is 0 Å². The fourth-order valence-corrected chi connectivity index (χ4v) is 1.42. The van der Waals surface area contributed by atoms with Gasteiger partial charge in [0.2, 0.25) is 0 Å². The van der Waals surface area contributed by atoms with Crippen LogP contribution >= 0.6 is 27.5 Å². The SMILES string of the molecule is Cc1cc(O)c(CCl)cc1Br. The summed E-state index contributed by atoms with van der Waals surface area (Å²) in [6.45, 7) is 1.92. The molecule has 0 bridgehead atoms. The quantitative estimate of drug-likeness (QED) is 0.741. The lowest BCUT2D eigenvalue weighted by atomic mass is 10.1. The first-order valence-electron chi connectivity index (χ1n) is 3.19. The third kappa shape index (κ3) is 1.88. The molecule has 0 aliphatic rings. The smallest absolute Gasteiger partial charge is 0.120 e. The fourth-order valence-electron chi connectivity index (χ4n) is 0.814. The maximum atomic E-state index is 9.31. The summed E-state index contributed by atoms with van der Waals surface area (Å²) in [7, 11) is 0. The number of phenolic OH excluding ortho intramolecular Hbond substituents is 1. The second kappa shape index (κ2) is 3.46. The molecule has 0 unspecified atom stereocenters. The minimum absolute atomic E-state index is 0.265. The van der Waals surface area contributed by atoms with Crippen molar-refractivity contribution in [3.05, 3.63) is 27.7 Å². The Morgan fingerprint density at radius 1 is 1.55 bits per heavy atom. The second-order valence-corrected chi connectivity index (χ2v) is 3.49. The van der Waals surface area contributed by atoms with Gasteiger partial charge in [-0.05, 0) is 24.6 Å². The molecule has 0 saturated heterocycles. The minimum atomic E-state index is 0.265. The lowest BCUT2D eigenvalue weighted by Gasteiger charge is -2.03. The van der Waals surface area contributed by atoms with Gasteiger partial charge in [0.05, 0.1) is 5.88 Å². The van der Waals surface area contributed by atoms with E-state index in [9.17, 15) is 5.11 Å². The maximum Gasteiger partial charge on any atom is 0.120 e. The summed E-state index contributed by atoms with van der Waals surface area (Å²) in [6.07, 6.45) is 0. The van der Waals surface area contributed by atoms with Crippen LogP contribution in [-0.4, -0.2) is 5.11 Å². The van der Waals surface area contributed by atoms with Crippen molar-refractivity contribution in [1.29, 1.82) is 0 Å². The van der Waals surface area contributed by atoms with Crippen molar-refractivity contribution in [3.63, 3.8) is 0 Å². The molecule has 1 rings (SSSR count). The molecule has 0 heterocycles. The Morgan fingerprint density at radius 2 is 2.18 bits per heavy atom. The van der Waals surface area contributed by atoms with E-state index in [-0.39, 0.29) is 5.75 Å². The molecule has 0 aliphatic heterocycles. The Balaban J connectivity index is 3.21. The van der Waals surface area contributed by atoms with E-state index < -0.39 is 0 Å². The molecular weight excluding hydrogens is 227 g/mol. The van der Waals surface area contributed by atoms with Crippen LogP contribution in [0.1, 0.15) is 11.1 Å². The second-order valence-electron chi connectivity index (χ2n) is 2.36. The number of hydrogen-bond donors (Lipinski definition) is 1. The lowest BCUT2D eigenvalue weighted by molar-refractivity contribution is 0.470. The van der Waals surface area contributed by atoms with Crippen molar-refractivity contribution in [1.82, 2.24) is 0 Å². The molecule has 1 nitrogen and oxygen atoms in total. The van der Waals surface area contributed by atoms with Gasteiger partial charge in [-0.15, -0.1) is 11.6 Å². The van der Waals surface area contributed by atoms with E-state index in [1.807, 2.05) is 13.0 Å². The number of hydrogen-bond acceptors (Lipinski definition) is 1. The van der Waals surface area contributed by atoms with Gasteiger partial charge in [-0.2, -0.15) is 0 Å². The summed E-state index contributed by atoms with van der Waals surface area (Å²) in [5, 5.41) is 9.31. The third-order valence-electron chi connectivity index (χ3n) is 1.50. The molecular formula is C8H8BrClO. The molecule has 0 aliphatic carbocycles. The molecule has 0 saturated carbocycles. The van der Waals surface area contributed by atoms with Crippen LogP contribution in [0.2, 0.25) is 0 Å². The lowest BCUT2D eigenvalue weighted by Crippen LogP contribution is -1.82. The molecule has 0 spiro atoms. The monoisotopic (exact) mass is 234 g/mol. The molecule has 0 radical (unpaired) electrons. The standard InChI is InChI=1S/C8H8BrClO/c1-5-2-8(11)6(4-10)3-7(5)9/h2-3,11H,4H2,1H3. The van der Waals surface area contributed by atoms with Gasteiger partial charge >= 0.3 is 0 Å². The average molecular weight is 236 g/mol. The van der Waals surface area contributed by atoms with Gasteiger partial charge in [-0.3, -0.25) is 0 Å². The van der Waals surface area contributed by atoms with E-state index in [2.05, 4.69) is 15.9 Å². The number of phenols is 1. The highest BCUT2D eigenvalue weighted by Crippen LogP contribution is 2.26. The first-order chi connectivity index (χ1) is 5.15. The number of rotatable bonds is 1. The largest absolute Gasteiger partial charge is 0.508 e. The Bertz CT molecular complexity index is 273. The molecule has 0 amide bonds. The van der Waals surface area contributed by atoms with Crippen LogP contribution in [0.15, 0.2) is 16.6 Å². The number of aromatic hydroxyl groups is 1. The van der Waals surface area contributed by atoms with E-state index in [0.29, 0.717) is 5.88 Å². The topological polar surface area (TPSA) is 20.2 Å². The molecule has 0 aromatic heterocycles. The normalized spacial score (nSPS) is 10.1. The summed E-state index contributed by atoms with van der Waals surface area (Å²) in [6, 6.07) is 3.53. The summed E-state index contributed by atoms with van der Waals surface area (Å²) in [5.74, 6) is 0.603. The van der Waals surface area contributed by atoms with Crippen LogP contribution in [-0.2, 0) is 5.88 Å². The van der Waals surface area contributed by atoms with E-state index >= 15 is 0 Å². The number of benzene rings is 1. The zero-order valence-corrected chi connectivity index (χ0v) is 8.41. The maximum absolute atomic E-state index is 9.31. The van der Waals surface area contributed by atoms with Gasteiger partial charge in [-0.25, -0.2) is 0 Å². The van der Waals surface area contributed by atoms with Crippen LogP contribution in [0.5, 0.6) is 5.75 Å². The number of halogens is 2. The van der Waals surface area contributed by atoms with Crippen molar-refractivity contribution >= 4 is 27.5 Å². The highest BCUT2D eigenvalue weighted by atomic mass is 79.9. The van der Waals surface area contributed by atoms with Crippen molar-refractivity contribution in [2.75, 3.05) is 0 Å². The summed E-state index contributed by atoms with van der Waals surface area (Å²) < 4.78 is 0.978. The van der Waals surface area contributed by atoms with Gasteiger partial charge < -0.3 is 5.11 Å². The first kappa shape index (κ1) is 8.88. The molecule has 0 atom stereocenters.